The van der Waals surface area contributed by atoms with Crippen molar-refractivity contribution in [3.8, 4) is 28.4 Å². The van der Waals surface area contributed by atoms with E-state index >= 15 is 4.79 Å². The van der Waals surface area contributed by atoms with Crippen LogP contribution < -0.4 is 9.47 Å². The van der Waals surface area contributed by atoms with Gasteiger partial charge in [-0.2, -0.15) is 0 Å². The molecule has 12 heteroatoms. The second-order valence-electron chi connectivity index (χ2n) is 19.8. The van der Waals surface area contributed by atoms with Gasteiger partial charge in [0.05, 0.1) is 23.2 Å². The van der Waals surface area contributed by atoms with E-state index in [0.29, 0.717) is 47.9 Å². The maximum Gasteiger partial charge on any atom is 0.269 e. The number of non-ortho nitro benzene ring substituents is 1. The minimum atomic E-state index is -1.44. The second kappa shape index (κ2) is 22.3. The minimum absolute atomic E-state index is 0.0143. The van der Waals surface area contributed by atoms with Crippen LogP contribution in [-0.4, -0.2) is 63.3 Å². The normalized spacial score (nSPS) is 22.4. The van der Waals surface area contributed by atoms with Gasteiger partial charge in [-0.1, -0.05) is 115 Å². The predicted molar refractivity (Wildman–Crippen MR) is 282 cm³/mol. The number of benzene rings is 6. The highest BCUT2D eigenvalue weighted by Crippen LogP contribution is 2.62. The molecule has 0 bridgehead atoms. The van der Waals surface area contributed by atoms with E-state index < -0.39 is 22.7 Å². The zero-order valence-electron chi connectivity index (χ0n) is 41.1. The molecule has 6 atom stereocenters. The van der Waals surface area contributed by atoms with Gasteiger partial charge >= 0.3 is 0 Å². The molecule has 2 fully saturated rings. The maximum atomic E-state index is 15.3. The summed E-state index contributed by atoms with van der Waals surface area (Å²) in [5, 5.41) is 38.9. The van der Waals surface area contributed by atoms with Gasteiger partial charge in [0.1, 0.15) is 29.9 Å². The molecule has 10 rings (SSSR count). The fourth-order valence-corrected chi connectivity index (χ4v) is 11.6. The number of rotatable bonds is 22. The molecule has 0 spiro atoms. The maximum absolute atomic E-state index is 15.3. The van der Waals surface area contributed by atoms with Crippen molar-refractivity contribution in [1.82, 2.24) is 4.90 Å². The van der Waals surface area contributed by atoms with Gasteiger partial charge in [0.25, 0.3) is 5.69 Å². The molecule has 3 aliphatic carbocycles. The summed E-state index contributed by atoms with van der Waals surface area (Å²) in [7, 11) is 0. The quantitative estimate of drug-likeness (QED) is 0.0293. The van der Waals surface area contributed by atoms with Crippen LogP contribution in [0.3, 0.4) is 0 Å². The van der Waals surface area contributed by atoms with Crippen molar-refractivity contribution in [1.29, 1.82) is 0 Å². The lowest BCUT2D eigenvalue weighted by molar-refractivity contribution is -0.384. The Morgan fingerprint density at radius 2 is 1.55 bits per heavy atom. The van der Waals surface area contributed by atoms with E-state index in [2.05, 4.69) is 67.3 Å². The van der Waals surface area contributed by atoms with Crippen LogP contribution in [0.25, 0.3) is 21.9 Å². The number of aliphatic hydroxyl groups excluding tert-OH is 2. The van der Waals surface area contributed by atoms with Gasteiger partial charge in [0.15, 0.2) is 0 Å². The molecule has 2 N–H and O–H groups in total. The molecular formula is C61H63N3O9. The van der Waals surface area contributed by atoms with Crippen molar-refractivity contribution in [3.63, 3.8) is 0 Å². The third kappa shape index (κ3) is 10.6. The Hall–Kier alpha value is -7.12. The minimum Gasteiger partial charge on any atom is -0.459 e. The number of hydrogen-bond donors (Lipinski definition) is 2. The number of carbonyl (C=O) groups is 1. The van der Waals surface area contributed by atoms with Crippen LogP contribution in [0.15, 0.2) is 169 Å². The third-order valence-corrected chi connectivity index (χ3v) is 15.2. The molecule has 2 saturated carbocycles. The SMILES string of the molecule is C=CCOC12Oc3ccc(Oc4ccc(-c5ccccc5)cc4)cc3C3C(CCCCO)C(CCCCO)C=C(C(=NOCc4ccc([N+](=O)[O-])cc4)CC1N(Cc1cccc4ccccc14)C(=O)C1CC1)C32. The van der Waals surface area contributed by atoms with Crippen molar-refractivity contribution in [3.05, 3.63) is 191 Å². The van der Waals surface area contributed by atoms with Crippen LogP contribution in [-0.2, 0) is 27.5 Å². The smallest absolute Gasteiger partial charge is 0.269 e. The van der Waals surface area contributed by atoms with Gasteiger partial charge < -0.3 is 34.2 Å². The number of unbranched alkanes of at least 4 members (excludes halogenated alkanes) is 2. The largest absolute Gasteiger partial charge is 0.459 e. The number of nitrogens with zero attached hydrogens (tertiary/aromatic N) is 3. The molecule has 376 valence electrons. The zero-order valence-corrected chi connectivity index (χ0v) is 41.1. The van der Waals surface area contributed by atoms with Crippen LogP contribution in [0.5, 0.6) is 17.2 Å². The number of amides is 1. The number of ether oxygens (including phenoxy) is 3. The van der Waals surface area contributed by atoms with Gasteiger partial charge in [-0.25, -0.2) is 0 Å². The summed E-state index contributed by atoms with van der Waals surface area (Å²) in [5.74, 6) is -0.321. The van der Waals surface area contributed by atoms with E-state index in [0.717, 1.165) is 77.1 Å². The Kier molecular flexibility index (Phi) is 15.1. The fraction of sp³-hybridized carbons (Fsp3) is 0.344. The van der Waals surface area contributed by atoms with E-state index in [1.807, 2.05) is 65.6 Å². The summed E-state index contributed by atoms with van der Waals surface area (Å²) in [5.41, 5.74) is 6.44. The van der Waals surface area contributed by atoms with Crippen molar-refractivity contribution in [2.45, 2.75) is 88.7 Å². The number of hydrogen-bond acceptors (Lipinski definition) is 10. The number of nitro groups is 1. The molecule has 12 nitrogen and oxygen atoms in total. The van der Waals surface area contributed by atoms with Gasteiger partial charge in [-0.3, -0.25) is 14.9 Å². The molecule has 6 aromatic carbocycles. The Labute approximate surface area is 426 Å². The van der Waals surface area contributed by atoms with E-state index in [9.17, 15) is 20.3 Å². The Morgan fingerprint density at radius 1 is 0.836 bits per heavy atom. The molecule has 6 aromatic rings. The highest BCUT2D eigenvalue weighted by Gasteiger charge is 2.66. The van der Waals surface area contributed by atoms with Crippen molar-refractivity contribution >= 4 is 28.1 Å². The van der Waals surface area contributed by atoms with Gasteiger partial charge in [0.2, 0.25) is 11.7 Å². The molecule has 0 aromatic heterocycles. The van der Waals surface area contributed by atoms with Gasteiger partial charge in [-0.05, 0) is 131 Å². The summed E-state index contributed by atoms with van der Waals surface area (Å²) in [6.07, 6.45) is 10.3. The first-order chi connectivity index (χ1) is 35.8. The average molecular weight is 982 g/mol. The third-order valence-electron chi connectivity index (χ3n) is 15.2. The summed E-state index contributed by atoms with van der Waals surface area (Å²) >= 11 is 0. The molecular weight excluding hydrogens is 919 g/mol. The van der Waals surface area contributed by atoms with E-state index in [1.165, 1.54) is 12.1 Å². The lowest BCUT2D eigenvalue weighted by atomic mass is 9.55. The Morgan fingerprint density at radius 3 is 2.29 bits per heavy atom. The summed E-state index contributed by atoms with van der Waals surface area (Å²) in [6, 6.07) is 44.3. The van der Waals surface area contributed by atoms with E-state index in [4.69, 9.17) is 24.2 Å². The highest BCUT2D eigenvalue weighted by atomic mass is 16.7. The number of aliphatic hydroxyl groups is 2. The molecule has 1 aliphatic heterocycles. The number of carbonyl (C=O) groups excluding carboxylic acids is 1. The number of oxime groups is 1. The highest BCUT2D eigenvalue weighted by molar-refractivity contribution is 6.03. The zero-order chi connectivity index (χ0) is 50.3. The second-order valence-corrected chi connectivity index (χ2v) is 19.8. The molecule has 1 heterocycles. The topological polar surface area (TPSA) is 153 Å². The van der Waals surface area contributed by atoms with Crippen molar-refractivity contribution in [2.24, 2.45) is 28.8 Å². The first-order valence-electron chi connectivity index (χ1n) is 25.8. The summed E-state index contributed by atoms with van der Waals surface area (Å²) < 4.78 is 21.6. The fourth-order valence-electron chi connectivity index (χ4n) is 11.6. The van der Waals surface area contributed by atoms with Crippen LogP contribution in [0, 0.1) is 33.8 Å². The van der Waals surface area contributed by atoms with Crippen molar-refractivity contribution < 1.29 is 39.0 Å². The van der Waals surface area contributed by atoms with Crippen LogP contribution in [0.2, 0.25) is 0 Å². The average Bonchev–Trinajstić information content (AvgIpc) is 4.28. The molecule has 6 unspecified atom stereocenters. The van der Waals surface area contributed by atoms with E-state index in [1.54, 1.807) is 18.2 Å². The monoisotopic (exact) mass is 981 g/mol. The lowest BCUT2D eigenvalue weighted by Gasteiger charge is -2.60. The van der Waals surface area contributed by atoms with Crippen LogP contribution in [0.4, 0.5) is 5.69 Å². The van der Waals surface area contributed by atoms with Crippen LogP contribution >= 0.6 is 0 Å². The molecule has 4 aliphatic rings. The predicted octanol–water partition coefficient (Wildman–Crippen LogP) is 12.5. The Balaban J connectivity index is 1.14. The Bertz CT molecular complexity index is 2970. The summed E-state index contributed by atoms with van der Waals surface area (Å²) in [4.78, 5) is 34.6. The van der Waals surface area contributed by atoms with Gasteiger partial charge in [0, 0.05) is 55.7 Å². The standard InChI is InChI=1S/C61H63N3O9/c1-2-35-70-61-57(63(60(67)45-23-24-45)39-47-18-12-17-44-15-6-7-19-51(44)47)38-55(62-71-40-41-21-27-48(28-22-41)64(68)69)53-36-46(16-8-10-33-65)52(20-9-11-34-66)58(59(53)61)54-37-50(31-32-56(54)73-61)72-49-29-25-43(26-30-49)42-13-4-3-5-14-42/h2-7,12-15,17-19,21-22,25-32,36-37,45-46,52,57-59,65-66H,1,8-11,16,20,23-24,33-35,38-40H2. The molecule has 1 amide bonds. The number of allylic oxidation sites excluding steroid dienone is 1. The lowest BCUT2D eigenvalue weighted by Crippen LogP contribution is -2.70. The van der Waals surface area contributed by atoms with E-state index in [-0.39, 0.29) is 68.1 Å². The molecule has 0 radical (unpaired) electrons. The number of fused-ring (bicyclic) bond motifs is 3. The molecule has 0 saturated heterocycles. The van der Waals surface area contributed by atoms with Gasteiger partial charge in [-0.15, -0.1) is 6.58 Å². The first-order valence-corrected chi connectivity index (χ1v) is 25.8. The molecule has 73 heavy (non-hydrogen) atoms. The summed E-state index contributed by atoms with van der Waals surface area (Å²) in [6.45, 7) is 4.76. The number of nitro benzene ring substituents is 1. The van der Waals surface area contributed by atoms with Crippen molar-refractivity contribution in [2.75, 3.05) is 19.8 Å². The first kappa shape index (κ1) is 49.5. The van der Waals surface area contributed by atoms with Crippen LogP contribution in [0.1, 0.15) is 80.4 Å².